The fourth-order valence-electron chi connectivity index (χ4n) is 1.52. The Balaban J connectivity index is 2.81. The second-order valence-electron chi connectivity index (χ2n) is 4.79. The van der Waals surface area contributed by atoms with Crippen molar-refractivity contribution in [2.45, 2.75) is 50.8 Å². The minimum atomic E-state index is -1.63. The molecule has 0 amide bonds. The SMILES string of the molecule is CC(C)(C)O[C@@H]1C(CO)OC(=O)C(O)[C@@H]1O. The first-order valence-electron chi connectivity index (χ1n) is 5.11. The molecule has 0 aromatic rings. The van der Waals surface area contributed by atoms with E-state index in [0.29, 0.717) is 0 Å². The summed E-state index contributed by atoms with van der Waals surface area (Å²) in [7, 11) is 0. The monoisotopic (exact) mass is 234 g/mol. The molecule has 6 heteroatoms. The van der Waals surface area contributed by atoms with Crippen molar-refractivity contribution in [3.05, 3.63) is 0 Å². The third kappa shape index (κ3) is 2.91. The Morgan fingerprint density at radius 3 is 2.38 bits per heavy atom. The van der Waals surface area contributed by atoms with Gasteiger partial charge in [-0.25, -0.2) is 4.79 Å². The van der Waals surface area contributed by atoms with Crippen LogP contribution in [0.3, 0.4) is 0 Å². The minimum absolute atomic E-state index is 0.462. The lowest BCUT2D eigenvalue weighted by atomic mass is 9.98. The first kappa shape index (κ1) is 13.4. The normalized spacial score (nSPS) is 36.0. The van der Waals surface area contributed by atoms with E-state index in [1.54, 1.807) is 20.8 Å². The highest BCUT2D eigenvalue weighted by Gasteiger charge is 2.46. The number of ether oxygens (including phenoxy) is 2. The molecule has 0 aliphatic carbocycles. The summed E-state index contributed by atoms with van der Waals surface area (Å²) in [6.45, 7) is 4.82. The molecule has 0 spiro atoms. The number of carbonyl (C=O) groups excluding carboxylic acids is 1. The smallest absolute Gasteiger partial charge is 0.338 e. The van der Waals surface area contributed by atoms with Crippen molar-refractivity contribution in [2.75, 3.05) is 6.61 Å². The summed E-state index contributed by atoms with van der Waals surface area (Å²) in [5.74, 6) is -0.944. The van der Waals surface area contributed by atoms with Gasteiger partial charge in [-0.3, -0.25) is 0 Å². The fraction of sp³-hybridized carbons (Fsp3) is 0.900. The van der Waals surface area contributed by atoms with Crippen LogP contribution in [0, 0.1) is 0 Å². The van der Waals surface area contributed by atoms with Gasteiger partial charge in [0.15, 0.2) is 12.2 Å². The van der Waals surface area contributed by atoms with Gasteiger partial charge in [-0.1, -0.05) is 0 Å². The Morgan fingerprint density at radius 2 is 1.94 bits per heavy atom. The highest BCUT2D eigenvalue weighted by molar-refractivity contribution is 5.76. The molecule has 0 aromatic heterocycles. The van der Waals surface area contributed by atoms with Gasteiger partial charge in [0.05, 0.1) is 12.2 Å². The van der Waals surface area contributed by atoms with E-state index in [9.17, 15) is 15.0 Å². The summed E-state index contributed by atoms with van der Waals surface area (Å²) in [5, 5.41) is 28.1. The molecule has 1 saturated heterocycles. The predicted molar refractivity (Wildman–Crippen MR) is 53.6 cm³/mol. The lowest BCUT2D eigenvalue weighted by Crippen LogP contribution is -2.59. The molecule has 2 unspecified atom stereocenters. The van der Waals surface area contributed by atoms with E-state index < -0.39 is 42.6 Å². The molecule has 4 atom stereocenters. The van der Waals surface area contributed by atoms with Gasteiger partial charge in [0.2, 0.25) is 0 Å². The molecule has 1 rings (SSSR count). The first-order valence-corrected chi connectivity index (χ1v) is 5.11. The lowest BCUT2D eigenvalue weighted by molar-refractivity contribution is -0.232. The van der Waals surface area contributed by atoms with Crippen LogP contribution in [0.4, 0.5) is 0 Å². The highest BCUT2D eigenvalue weighted by Crippen LogP contribution is 2.24. The van der Waals surface area contributed by atoms with Crippen molar-refractivity contribution in [3.63, 3.8) is 0 Å². The van der Waals surface area contributed by atoms with Gasteiger partial charge in [-0.15, -0.1) is 0 Å². The van der Waals surface area contributed by atoms with Crippen LogP contribution in [-0.2, 0) is 14.3 Å². The molecule has 1 fully saturated rings. The number of hydrogen-bond donors (Lipinski definition) is 3. The van der Waals surface area contributed by atoms with Gasteiger partial charge in [-0.2, -0.15) is 0 Å². The topological polar surface area (TPSA) is 96.2 Å². The second kappa shape index (κ2) is 4.67. The maximum Gasteiger partial charge on any atom is 0.338 e. The lowest BCUT2D eigenvalue weighted by Gasteiger charge is -2.39. The highest BCUT2D eigenvalue weighted by atomic mass is 16.6. The zero-order chi connectivity index (χ0) is 12.5. The second-order valence-corrected chi connectivity index (χ2v) is 4.79. The first-order chi connectivity index (χ1) is 7.26. The molecule has 6 nitrogen and oxygen atoms in total. The molecule has 0 aromatic carbocycles. The molecule has 0 bridgehead atoms. The Kier molecular flexibility index (Phi) is 3.90. The van der Waals surface area contributed by atoms with Crippen molar-refractivity contribution >= 4 is 5.97 Å². The zero-order valence-corrected chi connectivity index (χ0v) is 9.58. The summed E-state index contributed by atoms with van der Waals surface area (Å²) in [6, 6.07) is 0. The third-order valence-electron chi connectivity index (χ3n) is 2.21. The summed E-state index contributed by atoms with van der Waals surface area (Å²) in [4.78, 5) is 11.1. The zero-order valence-electron chi connectivity index (χ0n) is 9.58. The maximum atomic E-state index is 11.1. The molecule has 16 heavy (non-hydrogen) atoms. The molecule has 1 aliphatic rings. The van der Waals surface area contributed by atoms with Gasteiger partial charge in [0.1, 0.15) is 12.2 Å². The Bertz CT molecular complexity index is 257. The van der Waals surface area contributed by atoms with Crippen molar-refractivity contribution in [2.24, 2.45) is 0 Å². The standard InChI is InChI=1S/C10H18O6/c1-10(2,3)16-8-5(4-11)15-9(14)7(13)6(8)12/h5-8,11-13H,4H2,1-3H3/t5?,6-,7?,8+/m0/s1. The van der Waals surface area contributed by atoms with Crippen LogP contribution in [0.25, 0.3) is 0 Å². The molecular formula is C10H18O6. The molecule has 94 valence electrons. The van der Waals surface area contributed by atoms with Crippen molar-refractivity contribution in [1.29, 1.82) is 0 Å². The predicted octanol–water partition coefficient (Wildman–Crippen LogP) is -1.19. The number of cyclic esters (lactones) is 1. The van der Waals surface area contributed by atoms with E-state index in [-0.39, 0.29) is 0 Å². The number of rotatable bonds is 2. The van der Waals surface area contributed by atoms with Gasteiger partial charge in [-0.05, 0) is 20.8 Å². The van der Waals surface area contributed by atoms with E-state index in [2.05, 4.69) is 0 Å². The average molecular weight is 234 g/mol. The van der Waals surface area contributed by atoms with Gasteiger partial charge in [0, 0.05) is 0 Å². The van der Waals surface area contributed by atoms with E-state index >= 15 is 0 Å². The summed E-state index contributed by atoms with van der Waals surface area (Å²) in [6.07, 6.45) is -4.91. The van der Waals surface area contributed by atoms with Crippen molar-refractivity contribution in [1.82, 2.24) is 0 Å². The molecule has 0 radical (unpaired) electrons. The van der Waals surface area contributed by atoms with Crippen LogP contribution in [0.2, 0.25) is 0 Å². The van der Waals surface area contributed by atoms with Crippen LogP contribution in [0.5, 0.6) is 0 Å². The summed E-state index contributed by atoms with van der Waals surface area (Å²) in [5.41, 5.74) is -0.581. The molecule has 0 saturated carbocycles. The van der Waals surface area contributed by atoms with Crippen molar-refractivity contribution in [3.8, 4) is 0 Å². The van der Waals surface area contributed by atoms with Crippen molar-refractivity contribution < 1.29 is 29.6 Å². The molecule has 1 aliphatic heterocycles. The van der Waals surface area contributed by atoms with Crippen LogP contribution >= 0.6 is 0 Å². The summed E-state index contributed by atoms with van der Waals surface area (Å²) < 4.78 is 10.2. The van der Waals surface area contributed by atoms with Crippen LogP contribution in [0.1, 0.15) is 20.8 Å². The Labute approximate surface area is 93.8 Å². The van der Waals surface area contributed by atoms with Crippen LogP contribution < -0.4 is 0 Å². The third-order valence-corrected chi connectivity index (χ3v) is 2.21. The van der Waals surface area contributed by atoms with Gasteiger partial charge >= 0.3 is 5.97 Å². The van der Waals surface area contributed by atoms with E-state index in [1.807, 2.05) is 0 Å². The largest absolute Gasteiger partial charge is 0.455 e. The van der Waals surface area contributed by atoms with E-state index in [4.69, 9.17) is 14.6 Å². The minimum Gasteiger partial charge on any atom is -0.455 e. The van der Waals surface area contributed by atoms with E-state index in [1.165, 1.54) is 0 Å². The van der Waals surface area contributed by atoms with E-state index in [0.717, 1.165) is 0 Å². The van der Waals surface area contributed by atoms with Gasteiger partial charge in [0.25, 0.3) is 0 Å². The van der Waals surface area contributed by atoms with Gasteiger partial charge < -0.3 is 24.8 Å². The number of carbonyl (C=O) groups is 1. The number of esters is 1. The Hall–Kier alpha value is -0.690. The number of hydrogen-bond acceptors (Lipinski definition) is 6. The number of aliphatic hydroxyl groups excluding tert-OH is 3. The quantitative estimate of drug-likeness (QED) is 0.520. The average Bonchev–Trinajstić information content (AvgIpc) is 2.17. The summed E-state index contributed by atoms with van der Waals surface area (Å²) >= 11 is 0. The Morgan fingerprint density at radius 1 is 1.38 bits per heavy atom. The number of aliphatic hydroxyl groups is 3. The fourth-order valence-corrected chi connectivity index (χ4v) is 1.52. The van der Waals surface area contributed by atoms with Crippen LogP contribution in [0.15, 0.2) is 0 Å². The molecule has 1 heterocycles. The molecular weight excluding hydrogens is 216 g/mol. The van der Waals surface area contributed by atoms with Crippen LogP contribution in [-0.4, -0.2) is 57.9 Å². The maximum absolute atomic E-state index is 11.1. The molecule has 3 N–H and O–H groups in total.